The van der Waals surface area contributed by atoms with Gasteiger partial charge in [0.2, 0.25) is 0 Å². The van der Waals surface area contributed by atoms with Crippen molar-refractivity contribution in [3.05, 3.63) is 35.1 Å². The van der Waals surface area contributed by atoms with E-state index >= 15 is 0 Å². The highest BCUT2D eigenvalue weighted by molar-refractivity contribution is 5.95. The van der Waals surface area contributed by atoms with E-state index in [1.165, 1.54) is 12.1 Å². The summed E-state index contributed by atoms with van der Waals surface area (Å²) >= 11 is 0. The second-order valence-corrected chi connectivity index (χ2v) is 4.23. The van der Waals surface area contributed by atoms with Crippen molar-refractivity contribution in [1.29, 1.82) is 5.26 Å². The van der Waals surface area contributed by atoms with Crippen LogP contribution in [0.3, 0.4) is 0 Å². The topological polar surface area (TPSA) is 52.9 Å². The van der Waals surface area contributed by atoms with E-state index in [-0.39, 0.29) is 5.56 Å². The molecule has 0 spiro atoms. The smallest absolute Gasteiger partial charge is 0.255 e. The molecule has 0 saturated carbocycles. The highest BCUT2D eigenvalue weighted by Gasteiger charge is 2.25. The molecule has 0 radical (unpaired) electrons. The Morgan fingerprint density at radius 1 is 1.59 bits per heavy atom. The fraction of sp³-hybridized carbons (Fsp3) is 0.385. The van der Waals surface area contributed by atoms with Crippen LogP contribution in [0, 0.1) is 24.1 Å². The summed E-state index contributed by atoms with van der Waals surface area (Å²) in [6.45, 7) is 5.17. The van der Waals surface area contributed by atoms with Gasteiger partial charge in [0.1, 0.15) is 11.4 Å². The van der Waals surface area contributed by atoms with Gasteiger partial charge in [0.15, 0.2) is 0 Å². The third-order valence-electron chi connectivity index (χ3n) is 2.71. The van der Waals surface area contributed by atoms with Crippen molar-refractivity contribution in [2.24, 2.45) is 0 Å². The van der Waals surface area contributed by atoms with Gasteiger partial charge in [-0.1, -0.05) is 18.6 Å². The predicted molar refractivity (Wildman–Crippen MR) is 62.9 cm³/mol. The van der Waals surface area contributed by atoms with Gasteiger partial charge in [0, 0.05) is 0 Å². The van der Waals surface area contributed by atoms with Crippen molar-refractivity contribution in [1.82, 2.24) is 5.32 Å². The maximum Gasteiger partial charge on any atom is 0.255 e. The second kappa shape index (κ2) is 4.96. The first-order chi connectivity index (χ1) is 7.91. The summed E-state index contributed by atoms with van der Waals surface area (Å²) < 4.78 is 13.5. The highest BCUT2D eigenvalue weighted by Crippen LogP contribution is 2.13. The SMILES string of the molecule is CCC(C)(C#N)NC(=O)c1cc(C)ccc1F. The number of carbonyl (C=O) groups is 1. The molecule has 1 unspecified atom stereocenters. The van der Waals surface area contributed by atoms with Crippen LogP contribution in [-0.2, 0) is 0 Å². The fourth-order valence-electron chi connectivity index (χ4n) is 1.33. The molecule has 0 aliphatic heterocycles. The van der Waals surface area contributed by atoms with Crippen LogP contribution in [-0.4, -0.2) is 11.4 Å². The lowest BCUT2D eigenvalue weighted by molar-refractivity contribution is 0.0919. The molecule has 1 amide bonds. The van der Waals surface area contributed by atoms with Gasteiger partial charge >= 0.3 is 0 Å². The van der Waals surface area contributed by atoms with Gasteiger partial charge < -0.3 is 5.32 Å². The van der Waals surface area contributed by atoms with Gasteiger partial charge in [0.05, 0.1) is 11.6 Å². The number of rotatable bonds is 3. The van der Waals surface area contributed by atoms with E-state index < -0.39 is 17.3 Å². The number of benzene rings is 1. The van der Waals surface area contributed by atoms with E-state index in [9.17, 15) is 9.18 Å². The summed E-state index contributed by atoms with van der Waals surface area (Å²) in [4.78, 5) is 11.8. The Balaban J connectivity index is 2.99. The van der Waals surface area contributed by atoms with E-state index in [4.69, 9.17) is 5.26 Å². The Hall–Kier alpha value is -1.89. The van der Waals surface area contributed by atoms with Crippen LogP contribution in [0.1, 0.15) is 36.2 Å². The van der Waals surface area contributed by atoms with Gasteiger partial charge in [-0.2, -0.15) is 5.26 Å². The number of hydrogen-bond donors (Lipinski definition) is 1. The van der Waals surface area contributed by atoms with Crippen LogP contribution in [0.2, 0.25) is 0 Å². The van der Waals surface area contributed by atoms with Crippen molar-refractivity contribution in [3.63, 3.8) is 0 Å². The van der Waals surface area contributed by atoms with E-state index in [0.717, 1.165) is 5.56 Å². The molecular formula is C13H15FN2O. The summed E-state index contributed by atoms with van der Waals surface area (Å²) in [6.07, 6.45) is 0.461. The van der Waals surface area contributed by atoms with Crippen LogP contribution in [0.4, 0.5) is 4.39 Å². The van der Waals surface area contributed by atoms with Gasteiger partial charge in [-0.3, -0.25) is 4.79 Å². The number of amides is 1. The van der Waals surface area contributed by atoms with Crippen LogP contribution in [0.15, 0.2) is 18.2 Å². The molecule has 0 aromatic heterocycles. The lowest BCUT2D eigenvalue weighted by Crippen LogP contribution is -2.44. The molecule has 0 aliphatic carbocycles. The summed E-state index contributed by atoms with van der Waals surface area (Å²) in [7, 11) is 0. The zero-order valence-electron chi connectivity index (χ0n) is 10.2. The zero-order chi connectivity index (χ0) is 13.1. The minimum Gasteiger partial charge on any atom is -0.334 e. The minimum absolute atomic E-state index is 0.0278. The van der Waals surface area contributed by atoms with Crippen LogP contribution >= 0.6 is 0 Å². The molecule has 0 saturated heterocycles. The van der Waals surface area contributed by atoms with Crippen molar-refractivity contribution in [2.45, 2.75) is 32.7 Å². The third kappa shape index (κ3) is 3.04. The predicted octanol–water partition coefficient (Wildman–Crippen LogP) is 2.56. The molecule has 3 nitrogen and oxygen atoms in total. The van der Waals surface area contributed by atoms with Crippen molar-refractivity contribution >= 4 is 5.91 Å². The number of nitriles is 1. The standard InChI is InChI=1S/C13H15FN2O/c1-4-13(3,8-15)16-12(17)10-7-9(2)5-6-11(10)14/h5-7H,4H2,1-3H3,(H,16,17). The fourth-order valence-corrected chi connectivity index (χ4v) is 1.33. The molecule has 90 valence electrons. The average Bonchev–Trinajstić information content (AvgIpc) is 2.32. The number of nitrogens with zero attached hydrogens (tertiary/aromatic N) is 1. The number of nitrogens with one attached hydrogen (secondary N) is 1. The van der Waals surface area contributed by atoms with E-state index in [0.29, 0.717) is 6.42 Å². The lowest BCUT2D eigenvalue weighted by Gasteiger charge is -2.21. The van der Waals surface area contributed by atoms with Crippen molar-refractivity contribution in [3.8, 4) is 6.07 Å². The van der Waals surface area contributed by atoms with Gasteiger partial charge in [-0.05, 0) is 32.4 Å². The maximum absolute atomic E-state index is 13.5. The molecule has 0 fully saturated rings. The Bertz CT molecular complexity index is 479. The minimum atomic E-state index is -0.965. The molecule has 0 bridgehead atoms. The Kier molecular flexibility index (Phi) is 3.84. The Morgan fingerprint density at radius 2 is 2.24 bits per heavy atom. The lowest BCUT2D eigenvalue weighted by atomic mass is 10.00. The van der Waals surface area contributed by atoms with Crippen LogP contribution < -0.4 is 5.32 Å². The van der Waals surface area contributed by atoms with Gasteiger partial charge in [0.25, 0.3) is 5.91 Å². The summed E-state index contributed by atoms with van der Waals surface area (Å²) in [6, 6.07) is 6.32. The summed E-state index contributed by atoms with van der Waals surface area (Å²) in [5, 5.41) is 11.5. The molecule has 1 rings (SSSR count). The van der Waals surface area contributed by atoms with Gasteiger partial charge in [-0.15, -0.1) is 0 Å². The first kappa shape index (κ1) is 13.2. The molecule has 1 aromatic rings. The van der Waals surface area contributed by atoms with Crippen LogP contribution in [0.25, 0.3) is 0 Å². The third-order valence-corrected chi connectivity index (χ3v) is 2.71. The number of aryl methyl sites for hydroxylation is 1. The number of carbonyl (C=O) groups excluding carboxylic acids is 1. The molecule has 1 atom stereocenters. The van der Waals surface area contributed by atoms with Crippen molar-refractivity contribution < 1.29 is 9.18 Å². The van der Waals surface area contributed by atoms with Gasteiger partial charge in [-0.25, -0.2) is 4.39 Å². The number of halogens is 1. The molecule has 0 aliphatic rings. The Morgan fingerprint density at radius 3 is 2.76 bits per heavy atom. The summed E-state index contributed by atoms with van der Waals surface area (Å²) in [5.41, 5.74) is -0.195. The highest BCUT2D eigenvalue weighted by atomic mass is 19.1. The molecule has 17 heavy (non-hydrogen) atoms. The van der Waals surface area contributed by atoms with E-state index in [1.54, 1.807) is 26.8 Å². The second-order valence-electron chi connectivity index (χ2n) is 4.23. The first-order valence-corrected chi connectivity index (χ1v) is 5.42. The van der Waals surface area contributed by atoms with Crippen LogP contribution in [0.5, 0.6) is 0 Å². The monoisotopic (exact) mass is 234 g/mol. The number of hydrogen-bond acceptors (Lipinski definition) is 2. The zero-order valence-corrected chi connectivity index (χ0v) is 10.2. The first-order valence-electron chi connectivity index (χ1n) is 5.42. The quantitative estimate of drug-likeness (QED) is 0.873. The van der Waals surface area contributed by atoms with E-state index in [2.05, 4.69) is 5.32 Å². The average molecular weight is 234 g/mol. The maximum atomic E-state index is 13.5. The molecule has 1 aromatic carbocycles. The molecule has 1 N–H and O–H groups in total. The normalized spacial score (nSPS) is 13.6. The van der Waals surface area contributed by atoms with E-state index in [1.807, 2.05) is 6.07 Å². The molecular weight excluding hydrogens is 219 g/mol. The molecule has 0 heterocycles. The molecule has 4 heteroatoms. The summed E-state index contributed by atoms with van der Waals surface area (Å²) in [5.74, 6) is -1.14. The Labute approximate surface area is 100 Å². The van der Waals surface area contributed by atoms with Crippen molar-refractivity contribution in [2.75, 3.05) is 0 Å². The largest absolute Gasteiger partial charge is 0.334 e.